The van der Waals surface area contributed by atoms with Gasteiger partial charge in [0, 0.05) is 17.8 Å². The van der Waals surface area contributed by atoms with Gasteiger partial charge in [-0.1, -0.05) is 23.4 Å². The second-order valence-electron chi connectivity index (χ2n) is 5.78. The van der Waals surface area contributed by atoms with Crippen molar-refractivity contribution < 1.29 is 14.3 Å². The van der Waals surface area contributed by atoms with E-state index in [9.17, 15) is 4.79 Å². The van der Waals surface area contributed by atoms with E-state index < -0.39 is 0 Å². The zero-order valence-corrected chi connectivity index (χ0v) is 17.2. The number of anilines is 1. The van der Waals surface area contributed by atoms with Gasteiger partial charge in [-0.05, 0) is 42.5 Å². The number of nitrogens with zero attached hydrogens (tertiary/aromatic N) is 3. The minimum absolute atomic E-state index is 0.139. The molecule has 0 aliphatic heterocycles. The Balaban J connectivity index is 1.67. The van der Waals surface area contributed by atoms with E-state index in [0.717, 1.165) is 11.3 Å². The van der Waals surface area contributed by atoms with Gasteiger partial charge in [-0.3, -0.25) is 4.79 Å². The summed E-state index contributed by atoms with van der Waals surface area (Å²) in [5.74, 6) is 2.05. The van der Waals surface area contributed by atoms with E-state index in [0.29, 0.717) is 27.4 Å². The van der Waals surface area contributed by atoms with Crippen molar-refractivity contribution in [2.24, 2.45) is 7.05 Å². The Kier molecular flexibility index (Phi) is 6.43. The number of hydrogen-bond acceptors (Lipinski definition) is 6. The van der Waals surface area contributed by atoms with Crippen LogP contribution in [0.4, 0.5) is 5.69 Å². The second kappa shape index (κ2) is 8.99. The summed E-state index contributed by atoms with van der Waals surface area (Å²) in [5, 5.41) is 12.4. The maximum atomic E-state index is 12.2. The lowest BCUT2D eigenvalue weighted by atomic mass is 10.2. The predicted octanol–water partition coefficient (Wildman–Crippen LogP) is 3.88. The van der Waals surface area contributed by atoms with Crippen LogP contribution in [-0.2, 0) is 11.8 Å². The normalized spacial score (nSPS) is 10.6. The number of methoxy groups -OCH3 is 2. The Bertz CT molecular complexity index is 976. The van der Waals surface area contributed by atoms with Crippen molar-refractivity contribution in [1.82, 2.24) is 14.8 Å². The molecule has 1 heterocycles. The largest absolute Gasteiger partial charge is 0.497 e. The van der Waals surface area contributed by atoms with E-state index in [2.05, 4.69) is 15.5 Å². The highest BCUT2D eigenvalue weighted by molar-refractivity contribution is 7.99. The lowest BCUT2D eigenvalue weighted by Crippen LogP contribution is -2.14. The van der Waals surface area contributed by atoms with Crippen molar-refractivity contribution in [2.75, 3.05) is 25.3 Å². The van der Waals surface area contributed by atoms with Gasteiger partial charge in [0.05, 0.1) is 25.5 Å². The van der Waals surface area contributed by atoms with Gasteiger partial charge in [0.15, 0.2) is 11.0 Å². The van der Waals surface area contributed by atoms with E-state index in [-0.39, 0.29) is 11.7 Å². The highest BCUT2D eigenvalue weighted by Gasteiger charge is 2.16. The molecule has 0 fully saturated rings. The zero-order valence-electron chi connectivity index (χ0n) is 15.6. The Labute approximate surface area is 172 Å². The van der Waals surface area contributed by atoms with Crippen LogP contribution in [0.3, 0.4) is 0 Å². The lowest BCUT2D eigenvalue weighted by molar-refractivity contribution is -0.113. The summed E-state index contributed by atoms with van der Waals surface area (Å²) in [6, 6.07) is 12.4. The quantitative estimate of drug-likeness (QED) is 0.586. The molecular weight excluding hydrogens is 400 g/mol. The summed E-state index contributed by atoms with van der Waals surface area (Å²) in [6.07, 6.45) is 0. The first-order chi connectivity index (χ1) is 13.5. The number of halogens is 1. The molecule has 0 unspecified atom stereocenters. The van der Waals surface area contributed by atoms with Gasteiger partial charge in [0.25, 0.3) is 0 Å². The van der Waals surface area contributed by atoms with Crippen LogP contribution in [0, 0.1) is 0 Å². The molecule has 146 valence electrons. The molecule has 0 radical (unpaired) electrons. The standard InChI is InChI=1S/C19H19ClN4O3S/c1-24-18(15-10-12(20)4-9-16(15)27-3)22-23-19(24)28-11-17(25)21-13-5-7-14(26-2)8-6-13/h4-10H,11H2,1-3H3,(H,21,25). The van der Waals surface area contributed by atoms with E-state index in [1.165, 1.54) is 11.8 Å². The van der Waals surface area contributed by atoms with E-state index in [1.54, 1.807) is 61.3 Å². The Morgan fingerprint density at radius 2 is 1.89 bits per heavy atom. The first-order valence-electron chi connectivity index (χ1n) is 8.32. The van der Waals surface area contributed by atoms with Gasteiger partial charge in [-0.2, -0.15) is 0 Å². The van der Waals surface area contributed by atoms with Crippen molar-refractivity contribution >= 4 is 35.0 Å². The third-order valence-corrected chi connectivity index (χ3v) is 5.20. The molecule has 0 aliphatic carbocycles. The molecule has 7 nitrogen and oxygen atoms in total. The number of thioether (sulfide) groups is 1. The molecule has 28 heavy (non-hydrogen) atoms. The number of aromatic nitrogens is 3. The predicted molar refractivity (Wildman–Crippen MR) is 110 cm³/mol. The minimum atomic E-state index is -0.139. The van der Waals surface area contributed by atoms with Crippen molar-refractivity contribution in [3.05, 3.63) is 47.5 Å². The average molecular weight is 419 g/mol. The highest BCUT2D eigenvalue weighted by atomic mass is 35.5. The van der Waals surface area contributed by atoms with Gasteiger partial charge in [-0.15, -0.1) is 10.2 Å². The summed E-state index contributed by atoms with van der Waals surface area (Å²) < 4.78 is 12.3. The van der Waals surface area contributed by atoms with E-state index in [1.807, 2.05) is 7.05 Å². The van der Waals surface area contributed by atoms with E-state index in [4.69, 9.17) is 21.1 Å². The Morgan fingerprint density at radius 3 is 2.57 bits per heavy atom. The van der Waals surface area contributed by atoms with Crippen LogP contribution in [0.5, 0.6) is 11.5 Å². The number of benzene rings is 2. The van der Waals surface area contributed by atoms with Gasteiger partial charge in [0.2, 0.25) is 5.91 Å². The van der Waals surface area contributed by atoms with Crippen LogP contribution in [0.1, 0.15) is 0 Å². The number of nitrogens with one attached hydrogen (secondary N) is 1. The Morgan fingerprint density at radius 1 is 1.14 bits per heavy atom. The summed E-state index contributed by atoms with van der Waals surface area (Å²) in [4.78, 5) is 12.2. The maximum absolute atomic E-state index is 12.2. The molecule has 0 atom stereocenters. The van der Waals surface area contributed by atoms with Gasteiger partial charge in [0.1, 0.15) is 11.5 Å². The minimum Gasteiger partial charge on any atom is -0.497 e. The first-order valence-corrected chi connectivity index (χ1v) is 9.68. The number of carbonyl (C=O) groups is 1. The maximum Gasteiger partial charge on any atom is 0.234 e. The van der Waals surface area contributed by atoms with Crippen LogP contribution in [0.15, 0.2) is 47.6 Å². The topological polar surface area (TPSA) is 78.3 Å². The molecule has 0 saturated heterocycles. The summed E-state index contributed by atoms with van der Waals surface area (Å²) in [5.41, 5.74) is 1.44. The van der Waals surface area contributed by atoms with Crippen LogP contribution in [0.25, 0.3) is 11.4 Å². The fourth-order valence-electron chi connectivity index (χ4n) is 2.53. The molecule has 0 spiro atoms. The number of amides is 1. The zero-order chi connectivity index (χ0) is 20.1. The smallest absolute Gasteiger partial charge is 0.234 e. The van der Waals surface area contributed by atoms with Crippen molar-refractivity contribution in [2.45, 2.75) is 5.16 Å². The Hall–Kier alpha value is -2.71. The molecule has 1 amide bonds. The number of ether oxygens (including phenoxy) is 2. The summed E-state index contributed by atoms with van der Waals surface area (Å²) in [7, 11) is 5.01. The SMILES string of the molecule is COc1ccc(NC(=O)CSc2nnc(-c3cc(Cl)ccc3OC)n2C)cc1. The lowest BCUT2D eigenvalue weighted by Gasteiger charge is -2.09. The molecule has 0 bridgehead atoms. The molecule has 1 aromatic heterocycles. The van der Waals surface area contributed by atoms with Crippen molar-refractivity contribution in [3.63, 3.8) is 0 Å². The summed E-state index contributed by atoms with van der Waals surface area (Å²) >= 11 is 7.40. The monoisotopic (exact) mass is 418 g/mol. The summed E-state index contributed by atoms with van der Waals surface area (Å²) in [6.45, 7) is 0. The number of hydrogen-bond donors (Lipinski definition) is 1. The van der Waals surface area contributed by atoms with Crippen LogP contribution in [-0.4, -0.2) is 40.6 Å². The number of carbonyl (C=O) groups excluding carboxylic acids is 1. The third-order valence-electron chi connectivity index (χ3n) is 3.94. The molecule has 9 heteroatoms. The molecule has 0 saturated carbocycles. The van der Waals surface area contributed by atoms with Crippen LogP contribution >= 0.6 is 23.4 Å². The molecule has 3 aromatic rings. The third kappa shape index (κ3) is 4.58. The molecule has 2 aromatic carbocycles. The number of rotatable bonds is 7. The van der Waals surface area contributed by atoms with Gasteiger partial charge >= 0.3 is 0 Å². The van der Waals surface area contributed by atoms with Crippen LogP contribution in [0.2, 0.25) is 5.02 Å². The van der Waals surface area contributed by atoms with Gasteiger partial charge < -0.3 is 19.4 Å². The average Bonchev–Trinajstić information content (AvgIpc) is 3.07. The van der Waals surface area contributed by atoms with Crippen molar-refractivity contribution in [3.8, 4) is 22.9 Å². The van der Waals surface area contributed by atoms with Crippen molar-refractivity contribution in [1.29, 1.82) is 0 Å². The molecular formula is C19H19ClN4O3S. The molecule has 3 rings (SSSR count). The fourth-order valence-corrected chi connectivity index (χ4v) is 3.41. The van der Waals surface area contributed by atoms with Crippen LogP contribution < -0.4 is 14.8 Å². The highest BCUT2D eigenvalue weighted by Crippen LogP contribution is 2.32. The van der Waals surface area contributed by atoms with Gasteiger partial charge in [-0.25, -0.2) is 0 Å². The van der Waals surface area contributed by atoms with E-state index >= 15 is 0 Å². The molecule has 0 aliphatic rings. The second-order valence-corrected chi connectivity index (χ2v) is 7.15. The first kappa shape index (κ1) is 20.0. The fraction of sp³-hybridized carbons (Fsp3) is 0.211. The molecule has 1 N–H and O–H groups in total.